The SMILES string of the molecule is COC(=O)[C@H]1[C@@H](C)C=CC[C@H]1NC(=O)OCc1ccccc1. The number of benzene rings is 1. The van der Waals surface area contributed by atoms with E-state index in [0.29, 0.717) is 6.42 Å². The first-order valence-corrected chi connectivity index (χ1v) is 7.33. The number of nitrogens with one attached hydrogen (secondary N) is 1. The number of amides is 1. The quantitative estimate of drug-likeness (QED) is 0.686. The van der Waals surface area contributed by atoms with Gasteiger partial charge in [-0.3, -0.25) is 4.79 Å². The van der Waals surface area contributed by atoms with E-state index in [1.54, 1.807) is 0 Å². The number of carbonyl (C=O) groups is 2. The molecule has 1 N–H and O–H groups in total. The molecule has 0 radical (unpaired) electrons. The first-order valence-electron chi connectivity index (χ1n) is 7.33. The van der Waals surface area contributed by atoms with E-state index >= 15 is 0 Å². The number of hydrogen-bond donors (Lipinski definition) is 1. The van der Waals surface area contributed by atoms with Gasteiger partial charge in [-0.25, -0.2) is 4.79 Å². The fourth-order valence-electron chi connectivity index (χ4n) is 2.65. The third kappa shape index (κ3) is 4.10. The van der Waals surface area contributed by atoms with Gasteiger partial charge in [0, 0.05) is 6.04 Å². The molecule has 0 bridgehead atoms. The summed E-state index contributed by atoms with van der Waals surface area (Å²) in [5.41, 5.74) is 0.916. The lowest BCUT2D eigenvalue weighted by Crippen LogP contribution is -2.47. The number of rotatable bonds is 4. The standard InChI is InChI=1S/C17H21NO4/c1-12-7-6-10-14(15(12)16(19)21-2)18-17(20)22-11-13-8-4-3-5-9-13/h3-9,12,14-15H,10-11H2,1-2H3,(H,18,20)/t12-,14+,15-/m0/s1. The maximum atomic E-state index is 11.9. The number of ether oxygens (including phenoxy) is 2. The van der Waals surface area contributed by atoms with Gasteiger partial charge in [0.2, 0.25) is 0 Å². The molecule has 0 aromatic heterocycles. The Morgan fingerprint density at radius 3 is 2.68 bits per heavy atom. The molecule has 1 aromatic carbocycles. The summed E-state index contributed by atoms with van der Waals surface area (Å²) in [5, 5.41) is 2.77. The molecule has 22 heavy (non-hydrogen) atoms. The van der Waals surface area contributed by atoms with Crippen LogP contribution in [0, 0.1) is 11.8 Å². The first-order chi connectivity index (χ1) is 10.6. The summed E-state index contributed by atoms with van der Waals surface area (Å²) in [6, 6.07) is 9.14. The third-order valence-electron chi connectivity index (χ3n) is 3.82. The van der Waals surface area contributed by atoms with Crippen LogP contribution in [0.2, 0.25) is 0 Å². The zero-order chi connectivity index (χ0) is 15.9. The van der Waals surface area contributed by atoms with Crippen LogP contribution < -0.4 is 5.32 Å². The number of alkyl carbamates (subject to hydrolysis) is 1. The Morgan fingerprint density at radius 1 is 1.27 bits per heavy atom. The molecule has 0 spiro atoms. The van der Waals surface area contributed by atoms with Crippen LogP contribution in [-0.4, -0.2) is 25.2 Å². The summed E-state index contributed by atoms with van der Waals surface area (Å²) in [7, 11) is 1.36. The van der Waals surface area contributed by atoms with E-state index in [9.17, 15) is 9.59 Å². The molecule has 0 unspecified atom stereocenters. The van der Waals surface area contributed by atoms with Crippen molar-refractivity contribution in [3.05, 3.63) is 48.0 Å². The van der Waals surface area contributed by atoms with E-state index in [4.69, 9.17) is 9.47 Å². The summed E-state index contributed by atoms with van der Waals surface area (Å²) in [5.74, 6) is -0.690. The highest BCUT2D eigenvalue weighted by molar-refractivity contribution is 5.76. The highest BCUT2D eigenvalue weighted by Crippen LogP contribution is 2.26. The molecular weight excluding hydrogens is 282 g/mol. The lowest BCUT2D eigenvalue weighted by molar-refractivity contribution is -0.147. The molecule has 2 rings (SSSR count). The zero-order valence-electron chi connectivity index (χ0n) is 12.8. The van der Waals surface area contributed by atoms with Gasteiger partial charge in [-0.1, -0.05) is 49.4 Å². The number of allylic oxidation sites excluding steroid dienone is 1. The largest absolute Gasteiger partial charge is 0.469 e. The number of methoxy groups -OCH3 is 1. The average Bonchev–Trinajstić information content (AvgIpc) is 2.53. The van der Waals surface area contributed by atoms with Gasteiger partial charge in [-0.15, -0.1) is 0 Å². The highest BCUT2D eigenvalue weighted by atomic mass is 16.5. The molecule has 5 heteroatoms. The van der Waals surface area contributed by atoms with E-state index in [-0.39, 0.29) is 30.5 Å². The fraction of sp³-hybridized carbons (Fsp3) is 0.412. The van der Waals surface area contributed by atoms with Gasteiger partial charge in [0.1, 0.15) is 6.61 Å². The first kappa shape index (κ1) is 16.1. The van der Waals surface area contributed by atoms with Crippen molar-refractivity contribution < 1.29 is 19.1 Å². The van der Waals surface area contributed by atoms with Crippen LogP contribution in [0.3, 0.4) is 0 Å². The molecule has 0 heterocycles. The lowest BCUT2D eigenvalue weighted by atomic mass is 9.81. The van der Waals surface area contributed by atoms with Gasteiger partial charge in [-0.2, -0.15) is 0 Å². The molecule has 0 fully saturated rings. The van der Waals surface area contributed by atoms with Gasteiger partial charge in [0.05, 0.1) is 13.0 Å². The van der Waals surface area contributed by atoms with Gasteiger partial charge in [-0.05, 0) is 17.9 Å². The smallest absolute Gasteiger partial charge is 0.407 e. The van der Waals surface area contributed by atoms with Gasteiger partial charge in [0.25, 0.3) is 0 Å². The van der Waals surface area contributed by atoms with E-state index < -0.39 is 6.09 Å². The minimum Gasteiger partial charge on any atom is -0.469 e. The molecule has 1 aromatic rings. The zero-order valence-corrected chi connectivity index (χ0v) is 12.8. The normalized spacial score (nSPS) is 23.6. The van der Waals surface area contributed by atoms with E-state index in [0.717, 1.165) is 5.56 Å². The van der Waals surface area contributed by atoms with Crippen molar-refractivity contribution in [2.75, 3.05) is 7.11 Å². The molecule has 1 aliphatic carbocycles. The topological polar surface area (TPSA) is 64.6 Å². The second-order valence-electron chi connectivity index (χ2n) is 5.38. The summed E-state index contributed by atoms with van der Waals surface area (Å²) in [6.45, 7) is 2.13. The van der Waals surface area contributed by atoms with Crippen LogP contribution in [0.1, 0.15) is 18.9 Å². The van der Waals surface area contributed by atoms with Crippen molar-refractivity contribution in [2.45, 2.75) is 26.0 Å². The minimum absolute atomic E-state index is 0.0145. The Morgan fingerprint density at radius 2 is 2.00 bits per heavy atom. The Labute approximate surface area is 130 Å². The van der Waals surface area contributed by atoms with Crippen LogP contribution in [-0.2, 0) is 20.9 Å². The Hall–Kier alpha value is -2.30. The third-order valence-corrected chi connectivity index (χ3v) is 3.82. The summed E-state index contributed by atoms with van der Waals surface area (Å²) in [6.07, 6.45) is 4.00. The molecule has 3 atom stereocenters. The van der Waals surface area contributed by atoms with Crippen LogP contribution >= 0.6 is 0 Å². The second-order valence-corrected chi connectivity index (χ2v) is 5.38. The molecule has 5 nitrogen and oxygen atoms in total. The Kier molecular flexibility index (Phi) is 5.58. The summed E-state index contributed by atoms with van der Waals surface area (Å²) >= 11 is 0. The van der Waals surface area contributed by atoms with Gasteiger partial charge in [0.15, 0.2) is 0 Å². The fourth-order valence-corrected chi connectivity index (χ4v) is 2.65. The second kappa shape index (κ2) is 7.64. The summed E-state index contributed by atoms with van der Waals surface area (Å²) < 4.78 is 10.0. The van der Waals surface area contributed by atoms with Crippen molar-refractivity contribution >= 4 is 12.1 Å². The van der Waals surface area contributed by atoms with Gasteiger partial charge < -0.3 is 14.8 Å². The number of esters is 1. The van der Waals surface area contributed by atoms with Crippen LogP contribution in [0.5, 0.6) is 0 Å². The summed E-state index contributed by atoms with van der Waals surface area (Å²) in [4.78, 5) is 23.8. The minimum atomic E-state index is -0.523. The maximum absolute atomic E-state index is 11.9. The van der Waals surface area contributed by atoms with E-state index in [1.165, 1.54) is 7.11 Å². The van der Waals surface area contributed by atoms with Crippen molar-refractivity contribution in [1.29, 1.82) is 0 Å². The molecule has 118 valence electrons. The van der Waals surface area contributed by atoms with Crippen LogP contribution in [0.4, 0.5) is 4.79 Å². The molecule has 1 amide bonds. The molecule has 1 aliphatic rings. The van der Waals surface area contributed by atoms with Crippen LogP contribution in [0.15, 0.2) is 42.5 Å². The predicted molar refractivity (Wildman–Crippen MR) is 82.0 cm³/mol. The van der Waals surface area contributed by atoms with Crippen molar-refractivity contribution in [2.24, 2.45) is 11.8 Å². The maximum Gasteiger partial charge on any atom is 0.407 e. The van der Waals surface area contributed by atoms with E-state index in [1.807, 2.05) is 49.4 Å². The molecular formula is C17H21NO4. The Bertz CT molecular complexity index is 541. The van der Waals surface area contributed by atoms with E-state index in [2.05, 4.69) is 5.32 Å². The van der Waals surface area contributed by atoms with Crippen molar-refractivity contribution in [3.8, 4) is 0 Å². The number of carbonyl (C=O) groups excluding carboxylic acids is 2. The highest BCUT2D eigenvalue weighted by Gasteiger charge is 2.35. The van der Waals surface area contributed by atoms with Crippen molar-refractivity contribution in [1.82, 2.24) is 5.32 Å². The predicted octanol–water partition coefficient (Wildman–Crippen LogP) is 2.67. The monoisotopic (exact) mass is 303 g/mol. The molecule has 0 saturated carbocycles. The van der Waals surface area contributed by atoms with Crippen molar-refractivity contribution in [3.63, 3.8) is 0 Å². The molecule has 0 aliphatic heterocycles. The van der Waals surface area contributed by atoms with Crippen LogP contribution in [0.25, 0.3) is 0 Å². The molecule has 0 saturated heterocycles. The number of hydrogen-bond acceptors (Lipinski definition) is 4. The lowest BCUT2D eigenvalue weighted by Gasteiger charge is -2.31. The average molecular weight is 303 g/mol. The Balaban J connectivity index is 1.91. The van der Waals surface area contributed by atoms with Gasteiger partial charge >= 0.3 is 12.1 Å².